The van der Waals surface area contributed by atoms with E-state index in [-0.39, 0.29) is 12.0 Å². The molecule has 2 N–H and O–H groups in total. The van der Waals surface area contributed by atoms with Gasteiger partial charge in [-0.3, -0.25) is 9.79 Å². The predicted octanol–water partition coefficient (Wildman–Crippen LogP) is 3.20. The molecule has 0 bridgehead atoms. The highest BCUT2D eigenvalue weighted by molar-refractivity contribution is 5.94. The van der Waals surface area contributed by atoms with Crippen LogP contribution in [0.4, 0.5) is 0 Å². The highest BCUT2D eigenvalue weighted by atomic mass is 16.5. The van der Waals surface area contributed by atoms with Gasteiger partial charge in [0.25, 0.3) is 5.91 Å². The fourth-order valence-corrected chi connectivity index (χ4v) is 3.82. The number of benzene rings is 2. The van der Waals surface area contributed by atoms with Crippen molar-refractivity contribution in [2.75, 3.05) is 33.3 Å². The first-order valence-electron chi connectivity index (χ1n) is 10.5. The average Bonchev–Trinajstić information content (AvgIpc) is 2.75. The van der Waals surface area contributed by atoms with Crippen LogP contribution in [-0.4, -0.2) is 50.1 Å². The van der Waals surface area contributed by atoms with Gasteiger partial charge in [-0.25, -0.2) is 0 Å². The van der Waals surface area contributed by atoms with E-state index in [1.54, 1.807) is 7.05 Å². The molecule has 1 saturated heterocycles. The van der Waals surface area contributed by atoms with Crippen molar-refractivity contribution in [2.24, 2.45) is 4.99 Å². The molecule has 2 aromatic rings. The molecule has 1 amide bonds. The smallest absolute Gasteiger partial charge is 0.251 e. The number of nitrogens with zero attached hydrogens (tertiary/aromatic N) is 2. The molecule has 0 aromatic heterocycles. The maximum Gasteiger partial charge on any atom is 0.251 e. The maximum absolute atomic E-state index is 12.1. The second kappa shape index (κ2) is 10.3. The predicted molar refractivity (Wildman–Crippen MR) is 121 cm³/mol. The van der Waals surface area contributed by atoms with Gasteiger partial charge in [0.1, 0.15) is 6.10 Å². The van der Waals surface area contributed by atoms with Crippen LogP contribution in [-0.2, 0) is 11.3 Å². The quantitative estimate of drug-likeness (QED) is 0.589. The first-order chi connectivity index (χ1) is 14.5. The van der Waals surface area contributed by atoms with Gasteiger partial charge in [0.15, 0.2) is 5.96 Å². The Kier molecular flexibility index (Phi) is 7.46. The van der Waals surface area contributed by atoms with Crippen LogP contribution in [0.2, 0.25) is 0 Å². The lowest BCUT2D eigenvalue weighted by Crippen LogP contribution is -2.48. The Morgan fingerprint density at radius 1 is 1.20 bits per heavy atom. The summed E-state index contributed by atoms with van der Waals surface area (Å²) in [5.74, 6) is 0.796. The number of aliphatic imine (C=N–C) groups is 1. The van der Waals surface area contributed by atoms with E-state index in [9.17, 15) is 4.79 Å². The van der Waals surface area contributed by atoms with Gasteiger partial charge in [0, 0.05) is 32.2 Å². The Balaban J connectivity index is 1.65. The Morgan fingerprint density at radius 2 is 2.03 bits per heavy atom. The molecule has 6 heteroatoms. The number of nitrogens with one attached hydrogen (secondary N) is 2. The monoisotopic (exact) mass is 408 g/mol. The zero-order valence-corrected chi connectivity index (χ0v) is 18.4. The average molecular weight is 409 g/mol. The number of carbonyl (C=O) groups is 1. The third kappa shape index (κ3) is 5.39. The van der Waals surface area contributed by atoms with Crippen LogP contribution < -0.4 is 10.6 Å². The minimum Gasteiger partial charge on any atom is -0.370 e. The number of morpholine rings is 1. The molecular weight excluding hydrogens is 376 g/mol. The lowest BCUT2D eigenvalue weighted by molar-refractivity contribution is -0.00834. The molecule has 1 unspecified atom stereocenters. The van der Waals surface area contributed by atoms with E-state index >= 15 is 0 Å². The maximum atomic E-state index is 12.1. The summed E-state index contributed by atoms with van der Waals surface area (Å²) in [5, 5.41) is 6.28. The summed E-state index contributed by atoms with van der Waals surface area (Å²) in [4.78, 5) is 18.8. The first-order valence-corrected chi connectivity index (χ1v) is 10.5. The first kappa shape index (κ1) is 21.8. The SMILES string of the molecule is CCNC(=O)c1cccc(CNC(=NC)N2CCOC(c3ccc(C)cc3C)C2)c1. The molecule has 0 aliphatic carbocycles. The number of amides is 1. The lowest BCUT2D eigenvalue weighted by Gasteiger charge is -2.36. The molecule has 1 atom stereocenters. The molecular formula is C24H32N4O2. The van der Waals surface area contributed by atoms with Crippen molar-refractivity contribution >= 4 is 11.9 Å². The minimum atomic E-state index is -0.0479. The van der Waals surface area contributed by atoms with E-state index in [0.717, 1.165) is 24.6 Å². The molecule has 30 heavy (non-hydrogen) atoms. The molecule has 0 spiro atoms. The Hall–Kier alpha value is -2.86. The van der Waals surface area contributed by atoms with Crippen LogP contribution in [0.25, 0.3) is 0 Å². The third-order valence-electron chi connectivity index (χ3n) is 5.33. The van der Waals surface area contributed by atoms with Crippen molar-refractivity contribution in [2.45, 2.75) is 33.4 Å². The molecule has 2 aromatic carbocycles. The number of hydrogen-bond donors (Lipinski definition) is 2. The summed E-state index contributed by atoms with van der Waals surface area (Å²) >= 11 is 0. The Labute approximate surface area is 179 Å². The summed E-state index contributed by atoms with van der Waals surface area (Å²) in [7, 11) is 1.80. The van der Waals surface area contributed by atoms with E-state index in [1.807, 2.05) is 31.2 Å². The molecule has 0 radical (unpaired) electrons. The molecule has 1 heterocycles. The van der Waals surface area contributed by atoms with Crippen LogP contribution in [0.1, 0.15) is 45.6 Å². The summed E-state index contributed by atoms with van der Waals surface area (Å²) < 4.78 is 6.07. The standard InChI is InChI=1S/C24H32N4O2/c1-5-26-23(29)20-8-6-7-19(14-20)15-27-24(25-4)28-11-12-30-22(16-28)21-10-9-17(2)13-18(21)3/h6-10,13-14,22H,5,11-12,15-16H2,1-4H3,(H,25,27)(H,26,29). The van der Waals surface area contributed by atoms with Crippen LogP contribution in [0.15, 0.2) is 47.5 Å². The van der Waals surface area contributed by atoms with Gasteiger partial charge in [0.2, 0.25) is 0 Å². The number of carbonyl (C=O) groups excluding carboxylic acids is 1. The van der Waals surface area contributed by atoms with Crippen molar-refractivity contribution in [3.8, 4) is 0 Å². The highest BCUT2D eigenvalue weighted by Crippen LogP contribution is 2.26. The normalized spacial score (nSPS) is 17.0. The highest BCUT2D eigenvalue weighted by Gasteiger charge is 2.25. The number of guanidine groups is 1. The van der Waals surface area contributed by atoms with Gasteiger partial charge in [0.05, 0.1) is 13.2 Å². The van der Waals surface area contributed by atoms with Gasteiger partial charge in [-0.05, 0) is 49.6 Å². The second-order valence-electron chi connectivity index (χ2n) is 7.63. The third-order valence-corrected chi connectivity index (χ3v) is 5.33. The number of ether oxygens (including phenoxy) is 1. The van der Waals surface area contributed by atoms with E-state index < -0.39 is 0 Å². The molecule has 1 aliphatic rings. The van der Waals surface area contributed by atoms with E-state index in [1.165, 1.54) is 16.7 Å². The van der Waals surface area contributed by atoms with Gasteiger partial charge in [-0.2, -0.15) is 0 Å². The van der Waals surface area contributed by atoms with Crippen molar-refractivity contribution in [3.05, 3.63) is 70.3 Å². The van der Waals surface area contributed by atoms with Gasteiger partial charge < -0.3 is 20.3 Å². The zero-order valence-electron chi connectivity index (χ0n) is 18.4. The van der Waals surface area contributed by atoms with Crippen LogP contribution in [0.3, 0.4) is 0 Å². The summed E-state index contributed by atoms with van der Waals surface area (Å²) in [6.45, 7) is 9.59. The minimum absolute atomic E-state index is 0.0268. The molecule has 1 aliphatic heterocycles. The largest absolute Gasteiger partial charge is 0.370 e. The summed E-state index contributed by atoms with van der Waals surface area (Å²) in [6.07, 6.45) is 0.0268. The Bertz CT molecular complexity index is 910. The lowest BCUT2D eigenvalue weighted by atomic mass is 10.00. The summed E-state index contributed by atoms with van der Waals surface area (Å²) in [6, 6.07) is 14.2. The van der Waals surface area contributed by atoms with Gasteiger partial charge in [-0.15, -0.1) is 0 Å². The fraction of sp³-hybridized carbons (Fsp3) is 0.417. The number of rotatable bonds is 5. The second-order valence-corrected chi connectivity index (χ2v) is 7.63. The van der Waals surface area contributed by atoms with Crippen molar-refractivity contribution in [3.63, 3.8) is 0 Å². The van der Waals surface area contributed by atoms with Gasteiger partial charge in [-0.1, -0.05) is 35.9 Å². The number of hydrogen-bond acceptors (Lipinski definition) is 3. The number of aryl methyl sites for hydroxylation is 2. The van der Waals surface area contributed by atoms with Crippen molar-refractivity contribution in [1.82, 2.24) is 15.5 Å². The fourth-order valence-electron chi connectivity index (χ4n) is 3.82. The zero-order chi connectivity index (χ0) is 21.5. The molecule has 6 nitrogen and oxygen atoms in total. The molecule has 0 saturated carbocycles. The Morgan fingerprint density at radius 3 is 2.77 bits per heavy atom. The van der Waals surface area contributed by atoms with Gasteiger partial charge >= 0.3 is 0 Å². The van der Waals surface area contributed by atoms with Crippen LogP contribution in [0.5, 0.6) is 0 Å². The molecule has 3 rings (SSSR count). The van der Waals surface area contributed by atoms with E-state index in [0.29, 0.717) is 25.3 Å². The van der Waals surface area contributed by atoms with Crippen molar-refractivity contribution < 1.29 is 9.53 Å². The topological polar surface area (TPSA) is 66.0 Å². The molecule has 1 fully saturated rings. The molecule has 160 valence electrons. The van der Waals surface area contributed by atoms with E-state index in [2.05, 4.69) is 52.6 Å². The summed E-state index contributed by atoms with van der Waals surface area (Å²) in [5.41, 5.74) is 5.46. The van der Waals surface area contributed by atoms with Crippen LogP contribution >= 0.6 is 0 Å². The van der Waals surface area contributed by atoms with E-state index in [4.69, 9.17) is 4.74 Å². The van der Waals surface area contributed by atoms with Crippen molar-refractivity contribution in [1.29, 1.82) is 0 Å². The van der Waals surface area contributed by atoms with Crippen LogP contribution in [0, 0.1) is 13.8 Å².